The molecular formula is C12H19NO5. The van der Waals surface area contributed by atoms with Crippen molar-refractivity contribution in [2.24, 2.45) is 0 Å². The van der Waals surface area contributed by atoms with Crippen LogP contribution in [0.15, 0.2) is 12.7 Å². The third-order valence-corrected chi connectivity index (χ3v) is 2.24. The quantitative estimate of drug-likeness (QED) is 0.301. The molecule has 0 aliphatic rings. The maximum Gasteiger partial charge on any atom is 0.394 e. The predicted molar refractivity (Wildman–Crippen MR) is 64.9 cm³/mol. The molecule has 0 saturated heterocycles. The van der Waals surface area contributed by atoms with Gasteiger partial charge in [0.2, 0.25) is 0 Å². The van der Waals surface area contributed by atoms with Crippen LogP contribution in [0.25, 0.3) is 0 Å². The molecule has 1 N–H and O–H groups in total. The second-order valence-corrected chi connectivity index (χ2v) is 3.63. The molecule has 0 bridgehead atoms. The monoisotopic (exact) mass is 257 g/mol. The van der Waals surface area contributed by atoms with E-state index in [1.807, 2.05) is 0 Å². The van der Waals surface area contributed by atoms with Crippen molar-refractivity contribution in [1.82, 2.24) is 4.90 Å². The summed E-state index contributed by atoms with van der Waals surface area (Å²) in [6, 6.07) is 0. The van der Waals surface area contributed by atoms with Crippen molar-refractivity contribution in [1.29, 1.82) is 0 Å². The number of likely N-dealkylation sites (N-methyl/N-ethyl adjacent to an activating group) is 1. The molecule has 0 aliphatic carbocycles. The van der Waals surface area contributed by atoms with Crippen molar-refractivity contribution < 1.29 is 24.2 Å². The number of nitrogens with zero attached hydrogens (tertiary/aromatic N) is 1. The van der Waals surface area contributed by atoms with Crippen LogP contribution in [0.2, 0.25) is 0 Å². The molecule has 1 amide bonds. The van der Waals surface area contributed by atoms with Crippen molar-refractivity contribution in [3.8, 4) is 0 Å². The van der Waals surface area contributed by atoms with Crippen LogP contribution in [0.3, 0.4) is 0 Å². The molecule has 0 atom stereocenters. The standard InChI is InChI=1S/C12H19NO5/c1-3-5-6-7-8-18-10(14)9-13(4-2)11(15)12(16)17/h3H,1,4-9H2,2H3,(H,16,17). The molecule has 0 saturated carbocycles. The van der Waals surface area contributed by atoms with Gasteiger partial charge in [-0.1, -0.05) is 6.08 Å². The Morgan fingerprint density at radius 1 is 1.33 bits per heavy atom. The van der Waals surface area contributed by atoms with Gasteiger partial charge in [0.25, 0.3) is 0 Å². The first-order valence-electron chi connectivity index (χ1n) is 5.81. The molecule has 0 aromatic carbocycles. The third-order valence-electron chi connectivity index (χ3n) is 2.24. The summed E-state index contributed by atoms with van der Waals surface area (Å²) < 4.78 is 4.89. The lowest BCUT2D eigenvalue weighted by Crippen LogP contribution is -2.40. The summed E-state index contributed by atoms with van der Waals surface area (Å²) in [6.45, 7) is 5.26. The van der Waals surface area contributed by atoms with Gasteiger partial charge in [-0.2, -0.15) is 0 Å². The second kappa shape index (κ2) is 9.21. The van der Waals surface area contributed by atoms with Gasteiger partial charge < -0.3 is 14.7 Å². The van der Waals surface area contributed by atoms with Crippen molar-refractivity contribution in [3.63, 3.8) is 0 Å². The van der Waals surface area contributed by atoms with Crippen LogP contribution in [0.1, 0.15) is 26.2 Å². The number of rotatable bonds is 8. The van der Waals surface area contributed by atoms with Gasteiger partial charge in [-0.15, -0.1) is 6.58 Å². The normalized spacial score (nSPS) is 9.61. The lowest BCUT2D eigenvalue weighted by Gasteiger charge is -2.17. The Hall–Kier alpha value is -1.85. The molecule has 0 unspecified atom stereocenters. The Morgan fingerprint density at radius 3 is 2.50 bits per heavy atom. The molecule has 0 aliphatic heterocycles. The molecule has 0 spiro atoms. The summed E-state index contributed by atoms with van der Waals surface area (Å²) in [7, 11) is 0. The summed E-state index contributed by atoms with van der Waals surface area (Å²) in [5.41, 5.74) is 0. The number of carboxylic acid groups (broad SMARTS) is 1. The predicted octanol–water partition coefficient (Wildman–Crippen LogP) is 0.819. The number of allylic oxidation sites excluding steroid dienone is 1. The van der Waals surface area contributed by atoms with Crippen molar-refractivity contribution in [3.05, 3.63) is 12.7 Å². The van der Waals surface area contributed by atoms with Gasteiger partial charge in [0.05, 0.1) is 6.61 Å². The van der Waals surface area contributed by atoms with E-state index in [0.29, 0.717) is 0 Å². The van der Waals surface area contributed by atoms with Gasteiger partial charge in [0, 0.05) is 6.54 Å². The van der Waals surface area contributed by atoms with E-state index in [0.717, 1.165) is 24.2 Å². The van der Waals surface area contributed by atoms with E-state index >= 15 is 0 Å². The number of ether oxygens (including phenoxy) is 1. The SMILES string of the molecule is C=CCCCCOC(=O)CN(CC)C(=O)C(=O)O. The molecule has 102 valence electrons. The molecule has 0 rings (SSSR count). The Balaban J connectivity index is 3.94. The van der Waals surface area contributed by atoms with Crippen LogP contribution in [-0.4, -0.2) is 47.5 Å². The van der Waals surface area contributed by atoms with Crippen LogP contribution in [0.4, 0.5) is 0 Å². The Morgan fingerprint density at radius 2 is 2.00 bits per heavy atom. The highest BCUT2D eigenvalue weighted by Gasteiger charge is 2.22. The smallest absolute Gasteiger partial charge is 0.394 e. The molecule has 0 aromatic heterocycles. The highest BCUT2D eigenvalue weighted by molar-refractivity contribution is 6.31. The lowest BCUT2D eigenvalue weighted by molar-refractivity contribution is -0.158. The van der Waals surface area contributed by atoms with E-state index in [1.54, 1.807) is 13.0 Å². The number of unbranched alkanes of at least 4 members (excludes halogenated alkanes) is 2. The first-order chi connectivity index (χ1) is 8.52. The molecule has 18 heavy (non-hydrogen) atoms. The van der Waals surface area contributed by atoms with Crippen molar-refractivity contribution in [2.45, 2.75) is 26.2 Å². The Labute approximate surface area is 106 Å². The summed E-state index contributed by atoms with van der Waals surface area (Å²) in [6.07, 6.45) is 4.24. The summed E-state index contributed by atoms with van der Waals surface area (Å²) in [5, 5.41) is 8.52. The molecule has 6 heteroatoms. The number of hydrogen-bond acceptors (Lipinski definition) is 4. The van der Waals surface area contributed by atoms with Gasteiger partial charge >= 0.3 is 17.8 Å². The maximum absolute atomic E-state index is 11.3. The topological polar surface area (TPSA) is 83.9 Å². The van der Waals surface area contributed by atoms with E-state index in [4.69, 9.17) is 9.84 Å². The van der Waals surface area contributed by atoms with Crippen LogP contribution in [0.5, 0.6) is 0 Å². The fourth-order valence-corrected chi connectivity index (χ4v) is 1.24. The highest BCUT2D eigenvalue weighted by atomic mass is 16.5. The summed E-state index contributed by atoms with van der Waals surface area (Å²) in [4.78, 5) is 33.9. The summed E-state index contributed by atoms with van der Waals surface area (Å²) in [5.74, 6) is -3.26. The maximum atomic E-state index is 11.3. The zero-order valence-corrected chi connectivity index (χ0v) is 10.6. The molecule has 0 radical (unpaired) electrons. The minimum absolute atomic E-state index is 0.150. The number of carboxylic acids is 1. The largest absolute Gasteiger partial charge is 0.474 e. The number of amides is 1. The average Bonchev–Trinajstić information content (AvgIpc) is 2.34. The van der Waals surface area contributed by atoms with Gasteiger partial charge in [-0.05, 0) is 26.2 Å². The second-order valence-electron chi connectivity index (χ2n) is 3.63. The zero-order chi connectivity index (χ0) is 14.0. The van der Waals surface area contributed by atoms with E-state index in [-0.39, 0.29) is 19.7 Å². The number of aliphatic carboxylic acids is 1. The highest BCUT2D eigenvalue weighted by Crippen LogP contribution is 1.98. The fraction of sp³-hybridized carbons (Fsp3) is 0.583. The van der Waals surface area contributed by atoms with Gasteiger partial charge in [-0.3, -0.25) is 9.59 Å². The number of carbonyl (C=O) groups excluding carboxylic acids is 2. The van der Waals surface area contributed by atoms with Gasteiger partial charge in [-0.25, -0.2) is 4.79 Å². The molecule has 0 heterocycles. The first kappa shape index (κ1) is 16.1. The van der Waals surface area contributed by atoms with Crippen molar-refractivity contribution >= 4 is 17.8 Å². The summed E-state index contributed by atoms with van der Waals surface area (Å²) >= 11 is 0. The third kappa shape index (κ3) is 6.67. The average molecular weight is 257 g/mol. The number of hydrogen-bond donors (Lipinski definition) is 1. The minimum atomic E-state index is -1.57. The van der Waals surface area contributed by atoms with E-state index < -0.39 is 17.8 Å². The number of esters is 1. The van der Waals surface area contributed by atoms with Crippen molar-refractivity contribution in [2.75, 3.05) is 19.7 Å². The Bertz CT molecular complexity index is 314. The lowest BCUT2D eigenvalue weighted by atomic mass is 10.2. The first-order valence-corrected chi connectivity index (χ1v) is 5.81. The van der Waals surface area contributed by atoms with Gasteiger partial charge in [0.15, 0.2) is 0 Å². The van der Waals surface area contributed by atoms with E-state index in [1.165, 1.54) is 0 Å². The van der Waals surface area contributed by atoms with E-state index in [2.05, 4.69) is 6.58 Å². The van der Waals surface area contributed by atoms with Crippen LogP contribution < -0.4 is 0 Å². The van der Waals surface area contributed by atoms with Crippen LogP contribution in [-0.2, 0) is 19.1 Å². The van der Waals surface area contributed by atoms with E-state index in [9.17, 15) is 14.4 Å². The number of carbonyl (C=O) groups is 3. The fourth-order valence-electron chi connectivity index (χ4n) is 1.24. The minimum Gasteiger partial charge on any atom is -0.474 e. The molecule has 6 nitrogen and oxygen atoms in total. The van der Waals surface area contributed by atoms with Crippen LogP contribution in [0, 0.1) is 0 Å². The Kier molecular flexibility index (Phi) is 8.26. The van der Waals surface area contributed by atoms with Crippen LogP contribution >= 0.6 is 0 Å². The molecule has 0 fully saturated rings. The molecule has 0 aromatic rings. The van der Waals surface area contributed by atoms with Gasteiger partial charge in [0.1, 0.15) is 6.54 Å². The molecular weight excluding hydrogens is 238 g/mol. The zero-order valence-electron chi connectivity index (χ0n) is 10.6.